The van der Waals surface area contributed by atoms with E-state index >= 15 is 0 Å². The van der Waals surface area contributed by atoms with E-state index in [-0.39, 0.29) is 5.82 Å². The summed E-state index contributed by atoms with van der Waals surface area (Å²) in [5.41, 5.74) is -1.15. The van der Waals surface area contributed by atoms with Crippen molar-refractivity contribution in [3.8, 4) is 5.75 Å². The number of hydrogen-bond acceptors (Lipinski definition) is 5. The number of fused-ring (bicyclic) bond motifs is 1. The van der Waals surface area contributed by atoms with Gasteiger partial charge in [-0.2, -0.15) is 0 Å². The quantitative estimate of drug-likeness (QED) is 0.820. The number of amides is 2. The predicted octanol–water partition coefficient (Wildman–Crippen LogP) is 1.71. The highest BCUT2D eigenvalue weighted by Gasteiger charge is 2.47. The van der Waals surface area contributed by atoms with Crippen LogP contribution >= 0.6 is 0 Å². The lowest BCUT2D eigenvalue weighted by Gasteiger charge is -2.32. The number of carbonyl (C=O) groups excluding carboxylic acids is 2. The molecule has 0 unspecified atom stereocenters. The number of benzene rings is 1. The van der Waals surface area contributed by atoms with Gasteiger partial charge in [-0.3, -0.25) is 9.59 Å². The van der Waals surface area contributed by atoms with Gasteiger partial charge in [-0.25, -0.2) is 0 Å². The molecule has 0 saturated heterocycles. The van der Waals surface area contributed by atoms with Gasteiger partial charge in [-0.05, 0) is 26.0 Å². The molecule has 0 saturated carbocycles. The molecule has 1 atom stereocenters. The van der Waals surface area contributed by atoms with Gasteiger partial charge in [0.15, 0.2) is 5.82 Å². The second-order valence-electron chi connectivity index (χ2n) is 4.86. The van der Waals surface area contributed by atoms with E-state index in [1.807, 2.05) is 0 Å². The lowest BCUT2D eigenvalue weighted by molar-refractivity contribution is -0.143. The van der Waals surface area contributed by atoms with Crippen molar-refractivity contribution < 1.29 is 18.8 Å². The molecule has 2 N–H and O–H groups in total. The summed E-state index contributed by atoms with van der Waals surface area (Å²) in [7, 11) is 0. The molecular formula is C14H13N3O4. The molecule has 7 heteroatoms. The van der Waals surface area contributed by atoms with Gasteiger partial charge in [0.25, 0.3) is 17.4 Å². The zero-order valence-electron chi connectivity index (χ0n) is 11.5. The topological polar surface area (TPSA) is 93.5 Å². The molecule has 2 amide bonds. The largest absolute Gasteiger partial charge is 0.466 e. The van der Waals surface area contributed by atoms with Crippen molar-refractivity contribution in [3.05, 3.63) is 36.1 Å². The zero-order chi connectivity index (χ0) is 15.0. The monoisotopic (exact) mass is 287 g/mol. The van der Waals surface area contributed by atoms with Crippen LogP contribution in [0.1, 0.15) is 12.7 Å². The van der Waals surface area contributed by atoms with Gasteiger partial charge in [0.05, 0.1) is 5.69 Å². The summed E-state index contributed by atoms with van der Waals surface area (Å²) in [4.78, 5) is 24.5. The van der Waals surface area contributed by atoms with E-state index in [2.05, 4.69) is 15.8 Å². The lowest BCUT2D eigenvalue weighted by atomic mass is 10.0. The number of nitrogens with zero attached hydrogens (tertiary/aromatic N) is 1. The molecule has 3 rings (SSSR count). The molecule has 21 heavy (non-hydrogen) atoms. The molecule has 7 nitrogen and oxygen atoms in total. The maximum Gasteiger partial charge on any atom is 0.279 e. The van der Waals surface area contributed by atoms with Crippen LogP contribution < -0.4 is 15.4 Å². The molecule has 2 aromatic rings. The average Bonchev–Trinajstić information content (AvgIpc) is 2.85. The van der Waals surface area contributed by atoms with E-state index in [1.165, 1.54) is 6.92 Å². The van der Waals surface area contributed by atoms with Crippen molar-refractivity contribution in [1.82, 2.24) is 5.16 Å². The average molecular weight is 287 g/mol. The van der Waals surface area contributed by atoms with E-state index < -0.39 is 17.4 Å². The van der Waals surface area contributed by atoms with Crippen LogP contribution in [0.3, 0.4) is 0 Å². The van der Waals surface area contributed by atoms with Crippen LogP contribution in [0.4, 0.5) is 11.5 Å². The maximum absolute atomic E-state index is 12.3. The molecule has 1 aliphatic heterocycles. The van der Waals surface area contributed by atoms with Gasteiger partial charge in [0, 0.05) is 6.07 Å². The number of nitrogens with one attached hydrogen (secondary N) is 2. The molecule has 1 aromatic heterocycles. The summed E-state index contributed by atoms with van der Waals surface area (Å²) < 4.78 is 10.5. The van der Waals surface area contributed by atoms with Gasteiger partial charge in [0.1, 0.15) is 11.5 Å². The number of hydrogen-bond donors (Lipinski definition) is 2. The Morgan fingerprint density at radius 1 is 1.38 bits per heavy atom. The highest BCUT2D eigenvalue weighted by atomic mass is 16.5. The van der Waals surface area contributed by atoms with E-state index in [1.54, 1.807) is 37.3 Å². The zero-order valence-corrected chi connectivity index (χ0v) is 11.5. The molecule has 0 bridgehead atoms. The van der Waals surface area contributed by atoms with Crippen molar-refractivity contribution in [1.29, 1.82) is 0 Å². The van der Waals surface area contributed by atoms with E-state index in [0.29, 0.717) is 17.2 Å². The number of para-hydroxylation sites is 2. The van der Waals surface area contributed by atoms with Crippen LogP contribution in [-0.4, -0.2) is 22.6 Å². The van der Waals surface area contributed by atoms with Gasteiger partial charge >= 0.3 is 0 Å². The van der Waals surface area contributed by atoms with Crippen molar-refractivity contribution in [2.24, 2.45) is 0 Å². The Labute approximate surface area is 120 Å². The molecule has 108 valence electrons. The fraction of sp³-hybridized carbons (Fsp3) is 0.214. The normalized spacial score (nSPS) is 20.2. The van der Waals surface area contributed by atoms with Gasteiger partial charge in [0.2, 0.25) is 0 Å². The first-order valence-corrected chi connectivity index (χ1v) is 6.33. The van der Waals surface area contributed by atoms with Crippen LogP contribution in [0.15, 0.2) is 34.9 Å². The van der Waals surface area contributed by atoms with Crippen LogP contribution in [0.5, 0.6) is 5.75 Å². The molecule has 1 aromatic carbocycles. The van der Waals surface area contributed by atoms with Gasteiger partial charge < -0.3 is 19.9 Å². The summed E-state index contributed by atoms with van der Waals surface area (Å²) in [5, 5.41) is 8.82. The van der Waals surface area contributed by atoms with Crippen LogP contribution in [0.25, 0.3) is 0 Å². The second-order valence-corrected chi connectivity index (χ2v) is 4.86. The summed E-state index contributed by atoms with van der Waals surface area (Å²) >= 11 is 0. The highest BCUT2D eigenvalue weighted by molar-refractivity contribution is 6.18. The number of rotatable bonds is 2. The van der Waals surface area contributed by atoms with E-state index in [4.69, 9.17) is 9.26 Å². The predicted molar refractivity (Wildman–Crippen MR) is 74.0 cm³/mol. The molecule has 2 heterocycles. The molecule has 1 aliphatic rings. The first-order valence-electron chi connectivity index (χ1n) is 6.33. The standard InChI is InChI=1S/C14H13N3O4/c1-8-7-11(17-21-8)16-13(19)14(2)12(18)15-9-5-3-4-6-10(9)20-14/h3-7H,1-2H3,(H,15,18)(H,16,17,19)/t14-/m0/s1. The maximum atomic E-state index is 12.3. The van der Waals surface area contributed by atoms with Gasteiger partial charge in [-0.1, -0.05) is 17.3 Å². The highest BCUT2D eigenvalue weighted by Crippen LogP contribution is 2.33. The van der Waals surface area contributed by atoms with Crippen molar-refractivity contribution in [2.75, 3.05) is 10.6 Å². The van der Waals surface area contributed by atoms with E-state index in [0.717, 1.165) is 0 Å². The van der Waals surface area contributed by atoms with Crippen molar-refractivity contribution >= 4 is 23.3 Å². The molecule has 0 radical (unpaired) electrons. The van der Waals surface area contributed by atoms with Crippen LogP contribution in [-0.2, 0) is 9.59 Å². The molecule has 0 fully saturated rings. The number of carbonyl (C=O) groups is 2. The fourth-order valence-corrected chi connectivity index (χ4v) is 1.98. The first kappa shape index (κ1) is 13.2. The number of anilines is 2. The third-order valence-electron chi connectivity index (χ3n) is 3.19. The Morgan fingerprint density at radius 3 is 2.86 bits per heavy atom. The fourth-order valence-electron chi connectivity index (χ4n) is 1.98. The van der Waals surface area contributed by atoms with Gasteiger partial charge in [-0.15, -0.1) is 0 Å². The third-order valence-corrected chi connectivity index (χ3v) is 3.19. The van der Waals surface area contributed by atoms with E-state index in [9.17, 15) is 9.59 Å². The minimum Gasteiger partial charge on any atom is -0.466 e. The molecule has 0 spiro atoms. The Balaban J connectivity index is 1.86. The number of aromatic nitrogens is 1. The number of aryl methyl sites for hydroxylation is 1. The first-order chi connectivity index (χ1) is 9.99. The SMILES string of the molecule is Cc1cc(NC(=O)[C@@]2(C)Oc3ccccc3NC2=O)no1. The summed E-state index contributed by atoms with van der Waals surface area (Å²) in [6, 6.07) is 8.46. The molecular weight excluding hydrogens is 274 g/mol. The van der Waals surface area contributed by atoms with Crippen molar-refractivity contribution in [3.63, 3.8) is 0 Å². The van der Waals surface area contributed by atoms with Crippen LogP contribution in [0.2, 0.25) is 0 Å². The minimum absolute atomic E-state index is 0.231. The molecule has 0 aliphatic carbocycles. The third kappa shape index (κ3) is 2.22. The second kappa shape index (κ2) is 4.62. The number of ether oxygens (including phenoxy) is 1. The summed E-state index contributed by atoms with van der Waals surface area (Å²) in [6.45, 7) is 3.10. The Bertz CT molecular complexity index is 725. The lowest BCUT2D eigenvalue weighted by Crippen LogP contribution is -2.56. The Hall–Kier alpha value is -2.83. The summed E-state index contributed by atoms with van der Waals surface area (Å²) in [6.07, 6.45) is 0. The van der Waals surface area contributed by atoms with Crippen molar-refractivity contribution in [2.45, 2.75) is 19.4 Å². The Kier molecular flexibility index (Phi) is 2.90. The summed E-state index contributed by atoms with van der Waals surface area (Å²) in [5.74, 6) is 0.0524. The minimum atomic E-state index is -1.68. The van der Waals surface area contributed by atoms with Crippen LogP contribution in [0, 0.1) is 6.92 Å². The smallest absolute Gasteiger partial charge is 0.279 e. The Morgan fingerprint density at radius 2 is 2.14 bits per heavy atom.